The molecule has 3 N–H and O–H groups in total. The molecule has 114 valence electrons. The molecule has 0 bridgehead atoms. The van der Waals surface area contributed by atoms with Crippen LogP contribution in [0.3, 0.4) is 0 Å². The van der Waals surface area contributed by atoms with Crippen LogP contribution in [0.2, 0.25) is 0 Å². The van der Waals surface area contributed by atoms with Gasteiger partial charge in [-0.2, -0.15) is 15.0 Å². The van der Waals surface area contributed by atoms with Crippen LogP contribution < -0.4 is 20.1 Å². The maximum atomic E-state index is 10.9. The predicted octanol–water partition coefficient (Wildman–Crippen LogP) is -0.337. The number of nitrogens with one attached hydrogen (secondary N) is 3. The van der Waals surface area contributed by atoms with E-state index in [0.717, 1.165) is 6.26 Å². The summed E-state index contributed by atoms with van der Waals surface area (Å²) >= 11 is 0. The van der Waals surface area contributed by atoms with Gasteiger partial charge in [-0.25, -0.2) is 13.1 Å². The zero-order valence-electron chi connectivity index (χ0n) is 11.8. The van der Waals surface area contributed by atoms with Crippen LogP contribution in [0.1, 0.15) is 13.3 Å². The molecule has 1 aromatic heterocycles. The second kappa shape index (κ2) is 7.80. The Morgan fingerprint density at radius 1 is 1.10 bits per heavy atom. The minimum absolute atomic E-state index is 0.215. The second-order valence-electron chi connectivity index (χ2n) is 3.95. The molecule has 0 aromatic carbocycles. The number of sulfonamides is 1. The Morgan fingerprint density at radius 3 is 2.30 bits per heavy atom. The predicted molar refractivity (Wildman–Crippen MR) is 76.5 cm³/mol. The topological polar surface area (TPSA) is 118 Å². The largest absolute Gasteiger partial charge is 0.467 e. The fourth-order valence-electron chi connectivity index (χ4n) is 1.31. The van der Waals surface area contributed by atoms with Crippen molar-refractivity contribution in [2.75, 3.05) is 43.6 Å². The van der Waals surface area contributed by atoms with Crippen LogP contribution >= 0.6 is 0 Å². The molecule has 10 heteroatoms. The van der Waals surface area contributed by atoms with Crippen LogP contribution in [0, 0.1) is 0 Å². The minimum atomic E-state index is -3.14. The van der Waals surface area contributed by atoms with Gasteiger partial charge in [0.05, 0.1) is 13.4 Å². The van der Waals surface area contributed by atoms with Crippen LogP contribution in [0.5, 0.6) is 6.01 Å². The summed E-state index contributed by atoms with van der Waals surface area (Å²) in [6.07, 6.45) is 1.73. The van der Waals surface area contributed by atoms with Crippen molar-refractivity contribution in [2.24, 2.45) is 0 Å². The van der Waals surface area contributed by atoms with Crippen molar-refractivity contribution in [3.05, 3.63) is 0 Å². The lowest BCUT2D eigenvalue weighted by molar-refractivity contribution is 0.379. The second-order valence-corrected chi connectivity index (χ2v) is 5.78. The molecule has 1 rings (SSSR count). The van der Waals surface area contributed by atoms with Crippen molar-refractivity contribution in [1.82, 2.24) is 19.7 Å². The summed E-state index contributed by atoms with van der Waals surface area (Å²) < 4.78 is 29.1. The molecule has 0 amide bonds. The molecule has 0 spiro atoms. The molecular formula is C10H20N6O3S. The van der Waals surface area contributed by atoms with Crippen molar-refractivity contribution in [3.63, 3.8) is 0 Å². The van der Waals surface area contributed by atoms with Gasteiger partial charge in [-0.3, -0.25) is 0 Å². The zero-order chi connectivity index (χ0) is 15.0. The van der Waals surface area contributed by atoms with E-state index in [1.165, 1.54) is 7.11 Å². The number of rotatable bonds is 9. The molecular weight excluding hydrogens is 284 g/mol. The third-order valence-electron chi connectivity index (χ3n) is 2.13. The lowest BCUT2D eigenvalue weighted by Crippen LogP contribution is -2.24. The quantitative estimate of drug-likeness (QED) is 0.530. The van der Waals surface area contributed by atoms with E-state index < -0.39 is 10.0 Å². The maximum absolute atomic E-state index is 10.9. The van der Waals surface area contributed by atoms with Crippen LogP contribution in [0.25, 0.3) is 0 Å². The van der Waals surface area contributed by atoms with Crippen LogP contribution in [0.15, 0.2) is 0 Å². The number of hydrogen-bond donors (Lipinski definition) is 3. The number of aromatic nitrogens is 3. The van der Waals surface area contributed by atoms with Gasteiger partial charge in [0.2, 0.25) is 21.9 Å². The van der Waals surface area contributed by atoms with E-state index in [-0.39, 0.29) is 6.01 Å². The van der Waals surface area contributed by atoms with Crippen molar-refractivity contribution in [1.29, 1.82) is 0 Å². The molecule has 0 radical (unpaired) electrons. The molecule has 1 heterocycles. The van der Waals surface area contributed by atoms with Crippen molar-refractivity contribution >= 4 is 21.9 Å². The van der Waals surface area contributed by atoms with E-state index in [4.69, 9.17) is 4.74 Å². The Morgan fingerprint density at radius 2 is 1.75 bits per heavy atom. The third kappa shape index (κ3) is 6.48. The first-order valence-corrected chi connectivity index (χ1v) is 8.06. The molecule has 0 fully saturated rings. The fraction of sp³-hybridized carbons (Fsp3) is 0.700. The average molecular weight is 304 g/mol. The van der Waals surface area contributed by atoms with Crippen LogP contribution in [-0.2, 0) is 10.0 Å². The summed E-state index contributed by atoms with van der Waals surface area (Å²) in [6.45, 7) is 3.50. The monoisotopic (exact) mass is 304 g/mol. The first kappa shape index (κ1) is 16.4. The molecule has 0 aliphatic rings. The Balaban J connectivity index is 2.48. The van der Waals surface area contributed by atoms with Gasteiger partial charge in [0.15, 0.2) is 0 Å². The summed E-state index contributed by atoms with van der Waals surface area (Å²) in [5.41, 5.74) is 0. The van der Waals surface area contributed by atoms with Crippen molar-refractivity contribution < 1.29 is 13.2 Å². The molecule has 0 saturated heterocycles. The van der Waals surface area contributed by atoms with Crippen LogP contribution in [-0.4, -0.2) is 56.4 Å². The van der Waals surface area contributed by atoms with E-state index >= 15 is 0 Å². The highest BCUT2D eigenvalue weighted by molar-refractivity contribution is 7.88. The van der Waals surface area contributed by atoms with Crippen LogP contribution in [0.4, 0.5) is 11.9 Å². The Labute approximate surface area is 118 Å². The van der Waals surface area contributed by atoms with Crippen molar-refractivity contribution in [2.45, 2.75) is 13.3 Å². The SMILES string of the molecule is CCNc1nc(NCCCNS(C)(=O)=O)nc(OC)n1. The molecule has 20 heavy (non-hydrogen) atoms. The van der Waals surface area contributed by atoms with Crippen molar-refractivity contribution in [3.8, 4) is 6.01 Å². The zero-order valence-corrected chi connectivity index (χ0v) is 12.6. The first-order chi connectivity index (χ1) is 9.44. The summed E-state index contributed by atoms with van der Waals surface area (Å²) in [6, 6.07) is 0.215. The van der Waals surface area contributed by atoms with E-state index in [1.807, 2.05) is 6.92 Å². The summed E-state index contributed by atoms with van der Waals surface area (Å²) in [5.74, 6) is 0.809. The molecule has 0 saturated carbocycles. The first-order valence-electron chi connectivity index (χ1n) is 6.17. The van der Waals surface area contributed by atoms with E-state index in [1.54, 1.807) is 0 Å². The molecule has 1 aromatic rings. The highest BCUT2D eigenvalue weighted by atomic mass is 32.2. The van der Waals surface area contributed by atoms with Gasteiger partial charge >= 0.3 is 6.01 Å². The molecule has 9 nitrogen and oxygen atoms in total. The van der Waals surface area contributed by atoms with Gasteiger partial charge in [-0.05, 0) is 13.3 Å². The summed E-state index contributed by atoms with van der Waals surface area (Å²) in [5, 5.41) is 5.96. The Hall–Kier alpha value is -1.68. The molecule has 0 aliphatic carbocycles. The molecule has 0 aliphatic heterocycles. The summed E-state index contributed by atoms with van der Waals surface area (Å²) in [4.78, 5) is 12.2. The number of nitrogens with zero attached hydrogens (tertiary/aromatic N) is 3. The number of hydrogen-bond acceptors (Lipinski definition) is 8. The lowest BCUT2D eigenvalue weighted by Gasteiger charge is -2.08. The average Bonchev–Trinajstić information content (AvgIpc) is 2.37. The number of ether oxygens (including phenoxy) is 1. The maximum Gasteiger partial charge on any atom is 0.322 e. The minimum Gasteiger partial charge on any atom is -0.467 e. The Bertz CT molecular complexity index is 522. The third-order valence-corrected chi connectivity index (χ3v) is 2.86. The van der Waals surface area contributed by atoms with Gasteiger partial charge in [-0.1, -0.05) is 0 Å². The number of methoxy groups -OCH3 is 1. The van der Waals surface area contributed by atoms with E-state index in [2.05, 4.69) is 30.3 Å². The standard InChI is InChI=1S/C10H20N6O3S/c1-4-11-8-14-9(16-10(15-8)19-2)12-6-5-7-13-20(3,17)18/h13H,4-7H2,1-3H3,(H2,11,12,14,15,16). The highest BCUT2D eigenvalue weighted by Crippen LogP contribution is 2.10. The van der Waals surface area contributed by atoms with E-state index in [9.17, 15) is 8.42 Å². The number of anilines is 2. The molecule has 0 atom stereocenters. The van der Waals surface area contributed by atoms with Gasteiger partial charge in [0, 0.05) is 19.6 Å². The van der Waals surface area contributed by atoms with E-state index in [0.29, 0.717) is 38.0 Å². The normalized spacial score (nSPS) is 11.2. The smallest absolute Gasteiger partial charge is 0.322 e. The highest BCUT2D eigenvalue weighted by Gasteiger charge is 2.05. The van der Waals surface area contributed by atoms with Gasteiger partial charge in [-0.15, -0.1) is 0 Å². The van der Waals surface area contributed by atoms with Gasteiger partial charge in [0.1, 0.15) is 0 Å². The lowest BCUT2D eigenvalue weighted by atomic mass is 10.4. The van der Waals surface area contributed by atoms with Gasteiger partial charge < -0.3 is 15.4 Å². The Kier molecular flexibility index (Phi) is 6.39. The summed E-state index contributed by atoms with van der Waals surface area (Å²) in [7, 11) is -1.67. The fourth-order valence-corrected chi connectivity index (χ4v) is 1.83. The molecule has 0 unspecified atom stereocenters. The van der Waals surface area contributed by atoms with Gasteiger partial charge in [0.25, 0.3) is 0 Å².